The number of halogens is 2. The Bertz CT molecular complexity index is 1380. The number of benzene rings is 1. The summed E-state index contributed by atoms with van der Waals surface area (Å²) in [7, 11) is -3.25. The van der Waals surface area contributed by atoms with E-state index in [4.69, 9.17) is 16.3 Å². The van der Waals surface area contributed by atoms with Gasteiger partial charge in [0.05, 0.1) is 23.1 Å². The largest absolute Gasteiger partial charge is 0.507 e. The van der Waals surface area contributed by atoms with E-state index in [2.05, 4.69) is 11.6 Å². The molecule has 2 saturated heterocycles. The summed E-state index contributed by atoms with van der Waals surface area (Å²) in [6.07, 6.45) is 1.21. The zero-order chi connectivity index (χ0) is 26.5. The number of carbonyl (C=O) groups excluding carboxylic acids is 2. The van der Waals surface area contributed by atoms with Crippen LogP contribution >= 0.6 is 11.6 Å². The molecule has 10 nitrogen and oxygen atoms in total. The summed E-state index contributed by atoms with van der Waals surface area (Å²) in [5.41, 5.74) is -0.354. The Hall–Kier alpha value is -3.38. The van der Waals surface area contributed by atoms with Crippen molar-refractivity contribution in [3.8, 4) is 22.8 Å². The summed E-state index contributed by atoms with van der Waals surface area (Å²) in [5.74, 6) is -2.11. The van der Waals surface area contributed by atoms with Crippen molar-refractivity contribution in [2.75, 3.05) is 55.7 Å². The molecule has 0 unspecified atom stereocenters. The van der Waals surface area contributed by atoms with Crippen molar-refractivity contribution in [2.45, 2.75) is 6.04 Å². The monoisotopic (exact) mass is 550 g/mol. The molecule has 1 atom stereocenters. The average molecular weight is 551 g/mol. The van der Waals surface area contributed by atoms with Crippen molar-refractivity contribution in [1.82, 2.24) is 14.8 Å². The third kappa shape index (κ3) is 4.48. The second kappa shape index (κ2) is 9.49. The summed E-state index contributed by atoms with van der Waals surface area (Å²) in [4.78, 5) is 35.4. The van der Waals surface area contributed by atoms with Gasteiger partial charge in [-0.3, -0.25) is 9.59 Å². The number of piperazine rings is 1. The van der Waals surface area contributed by atoms with Crippen LogP contribution in [0.1, 0.15) is 10.4 Å². The third-order valence-electron chi connectivity index (χ3n) is 6.81. The van der Waals surface area contributed by atoms with Crippen molar-refractivity contribution in [1.29, 1.82) is 0 Å². The van der Waals surface area contributed by atoms with E-state index >= 15 is 0 Å². The molecule has 2 amide bonds. The van der Waals surface area contributed by atoms with Crippen LogP contribution < -0.4 is 9.64 Å². The molecule has 0 aliphatic carbocycles. The molecule has 1 aromatic heterocycles. The van der Waals surface area contributed by atoms with Crippen molar-refractivity contribution in [3.05, 3.63) is 47.3 Å². The van der Waals surface area contributed by atoms with Gasteiger partial charge >= 0.3 is 0 Å². The van der Waals surface area contributed by atoms with Gasteiger partial charge in [-0.25, -0.2) is 17.8 Å². The number of rotatable bonds is 3. The molecule has 5 rings (SSSR count). The maximum absolute atomic E-state index is 14.9. The molecule has 13 heteroatoms. The van der Waals surface area contributed by atoms with Crippen LogP contribution in [0.4, 0.5) is 10.2 Å². The Morgan fingerprint density at radius 3 is 2.62 bits per heavy atom. The Balaban J connectivity index is 1.65. The highest BCUT2D eigenvalue weighted by atomic mass is 35.5. The van der Waals surface area contributed by atoms with E-state index in [0.29, 0.717) is 6.54 Å². The molecule has 196 valence electrons. The smallest absolute Gasteiger partial charge is 0.261 e. The minimum absolute atomic E-state index is 0.0000899. The highest BCUT2D eigenvalue weighted by Gasteiger charge is 2.41. The predicted molar refractivity (Wildman–Crippen MR) is 134 cm³/mol. The number of phenolic OH excluding ortho intramolecular Hbond substituents is 1. The topological polar surface area (TPSA) is 120 Å². The second-order valence-electron chi connectivity index (χ2n) is 9.03. The summed E-state index contributed by atoms with van der Waals surface area (Å²) in [5, 5.41) is 10.3. The van der Waals surface area contributed by atoms with E-state index in [-0.39, 0.29) is 83.6 Å². The molecule has 0 bridgehead atoms. The number of phenols is 1. The number of aromatic hydroxyl groups is 1. The van der Waals surface area contributed by atoms with E-state index < -0.39 is 33.4 Å². The number of ether oxygens (including phenoxy) is 1. The zero-order valence-corrected chi connectivity index (χ0v) is 21.3. The Labute approximate surface area is 217 Å². The van der Waals surface area contributed by atoms with Gasteiger partial charge in [0, 0.05) is 32.7 Å². The molecule has 2 fully saturated rings. The highest BCUT2D eigenvalue weighted by Crippen LogP contribution is 2.46. The number of pyridine rings is 1. The second-order valence-corrected chi connectivity index (χ2v) is 11.7. The molecule has 0 saturated carbocycles. The van der Waals surface area contributed by atoms with Crippen molar-refractivity contribution < 1.29 is 32.2 Å². The predicted octanol–water partition coefficient (Wildman–Crippen LogP) is 1.71. The zero-order valence-electron chi connectivity index (χ0n) is 19.7. The van der Waals surface area contributed by atoms with Crippen molar-refractivity contribution in [3.63, 3.8) is 0 Å². The summed E-state index contributed by atoms with van der Waals surface area (Å²) in [6, 6.07) is 3.26. The fourth-order valence-electron chi connectivity index (χ4n) is 4.84. The molecule has 3 aliphatic heterocycles. The number of fused-ring (bicyclic) bond motifs is 2. The number of sulfone groups is 1. The maximum atomic E-state index is 14.9. The quantitative estimate of drug-likeness (QED) is 0.574. The summed E-state index contributed by atoms with van der Waals surface area (Å²) >= 11 is 6.67. The first-order valence-electron chi connectivity index (χ1n) is 11.6. The van der Waals surface area contributed by atoms with Gasteiger partial charge in [-0.15, -0.1) is 0 Å². The molecule has 1 N–H and O–H groups in total. The van der Waals surface area contributed by atoms with Crippen molar-refractivity contribution in [2.24, 2.45) is 0 Å². The first-order chi connectivity index (χ1) is 17.6. The lowest BCUT2D eigenvalue weighted by molar-refractivity contribution is -0.128. The molecule has 2 aromatic rings. The lowest BCUT2D eigenvalue weighted by Crippen LogP contribution is -2.57. The van der Waals surface area contributed by atoms with Crippen molar-refractivity contribution >= 4 is 39.1 Å². The molecule has 1 aromatic carbocycles. The van der Waals surface area contributed by atoms with E-state index in [1.165, 1.54) is 18.2 Å². The molecule has 0 radical (unpaired) electrons. The minimum atomic E-state index is -3.25. The van der Waals surface area contributed by atoms with E-state index in [1.807, 2.05) is 0 Å². The van der Waals surface area contributed by atoms with Gasteiger partial charge in [0.25, 0.3) is 5.91 Å². The van der Waals surface area contributed by atoms with E-state index in [0.717, 1.165) is 6.07 Å². The lowest BCUT2D eigenvalue weighted by atomic mass is 10.1. The molecule has 4 heterocycles. The highest BCUT2D eigenvalue weighted by molar-refractivity contribution is 7.91. The van der Waals surface area contributed by atoms with Gasteiger partial charge in [-0.2, -0.15) is 0 Å². The summed E-state index contributed by atoms with van der Waals surface area (Å²) < 4.78 is 45.1. The first kappa shape index (κ1) is 25.3. The Morgan fingerprint density at radius 1 is 1.22 bits per heavy atom. The number of aromatic nitrogens is 1. The SMILES string of the molecule is C=CC(=O)N1CCN2C(=O)c3c(N4CCS(=O)(=O)CC4)nc(-c4c(O)cccc4F)c(Cl)c3OC[C@H]2C1. The Morgan fingerprint density at radius 2 is 1.95 bits per heavy atom. The van der Waals surface area contributed by atoms with Crippen LogP contribution in [0.15, 0.2) is 30.9 Å². The van der Waals surface area contributed by atoms with Crippen LogP contribution in [0.3, 0.4) is 0 Å². The van der Waals surface area contributed by atoms with E-state index in [9.17, 15) is 27.5 Å². The van der Waals surface area contributed by atoms with Gasteiger partial charge < -0.3 is 24.5 Å². The van der Waals surface area contributed by atoms with Crippen LogP contribution in [0.5, 0.6) is 11.5 Å². The number of hydrogen-bond acceptors (Lipinski definition) is 8. The number of amides is 2. The average Bonchev–Trinajstić information content (AvgIpc) is 3.01. The van der Waals surface area contributed by atoms with Gasteiger partial charge in [-0.05, 0) is 18.2 Å². The van der Waals surface area contributed by atoms with E-state index in [1.54, 1.807) is 14.7 Å². The maximum Gasteiger partial charge on any atom is 0.261 e. The molecule has 3 aliphatic rings. The fraction of sp³-hybridized carbons (Fsp3) is 0.375. The Kier molecular flexibility index (Phi) is 6.48. The van der Waals surface area contributed by atoms with Crippen LogP contribution in [-0.4, -0.2) is 97.0 Å². The number of nitrogens with zero attached hydrogens (tertiary/aromatic N) is 4. The summed E-state index contributed by atoms with van der Waals surface area (Å²) in [6.45, 7) is 4.37. The van der Waals surface area contributed by atoms with Crippen LogP contribution in [0, 0.1) is 5.82 Å². The number of anilines is 1. The van der Waals surface area contributed by atoms with Crippen LogP contribution in [0.25, 0.3) is 11.3 Å². The molecular formula is C24H24ClFN4O6S. The molecule has 37 heavy (non-hydrogen) atoms. The van der Waals surface area contributed by atoms with Gasteiger partial charge in [0.1, 0.15) is 40.3 Å². The van der Waals surface area contributed by atoms with Crippen LogP contribution in [0.2, 0.25) is 5.02 Å². The standard InChI is InChI=1S/C24H24ClFN4O6S/c1-2-17(32)29-6-7-30-14(12-29)13-36-22-19(24(30)33)23(28-8-10-37(34,35)11-9-28)27-21(20(22)25)18-15(26)4-3-5-16(18)31/h2-5,14,31H,1,6-13H2/t14-/m1/s1. The lowest BCUT2D eigenvalue weighted by Gasteiger charge is -2.39. The third-order valence-corrected chi connectivity index (χ3v) is 8.77. The number of carbonyl (C=O) groups is 2. The first-order valence-corrected chi connectivity index (χ1v) is 13.8. The van der Waals surface area contributed by atoms with Crippen LogP contribution in [-0.2, 0) is 14.6 Å². The van der Waals surface area contributed by atoms with Gasteiger partial charge in [0.2, 0.25) is 5.91 Å². The number of hydrogen-bond donors (Lipinski definition) is 1. The normalized spacial score (nSPS) is 21.0. The van der Waals surface area contributed by atoms with Gasteiger partial charge in [-0.1, -0.05) is 24.2 Å². The molecule has 0 spiro atoms. The van der Waals surface area contributed by atoms with Gasteiger partial charge in [0.15, 0.2) is 15.6 Å². The fourth-order valence-corrected chi connectivity index (χ4v) is 6.33. The minimum Gasteiger partial charge on any atom is -0.507 e. The molecular weight excluding hydrogens is 527 g/mol.